The second-order valence-electron chi connectivity index (χ2n) is 6.68. The Balaban J connectivity index is 1.74. The summed E-state index contributed by atoms with van der Waals surface area (Å²) in [7, 11) is -1.54. The van der Waals surface area contributed by atoms with Gasteiger partial charge in [0.15, 0.2) is 0 Å². The lowest BCUT2D eigenvalue weighted by Gasteiger charge is -2.26. The minimum Gasteiger partial charge on any atom is -0.295 e. The second-order valence-corrected chi connectivity index (χ2v) is 8.24. The van der Waals surface area contributed by atoms with E-state index in [1.54, 1.807) is 12.1 Å². The van der Waals surface area contributed by atoms with E-state index in [4.69, 9.17) is 5.14 Å². The van der Waals surface area contributed by atoms with Gasteiger partial charge in [-0.1, -0.05) is 36.4 Å². The van der Waals surface area contributed by atoms with Crippen LogP contribution in [0.3, 0.4) is 0 Å². The van der Waals surface area contributed by atoms with Gasteiger partial charge in [0.05, 0.1) is 4.90 Å². The van der Waals surface area contributed by atoms with Gasteiger partial charge >= 0.3 is 0 Å². The van der Waals surface area contributed by atoms with E-state index in [0.29, 0.717) is 0 Å². The quantitative estimate of drug-likeness (QED) is 0.873. The van der Waals surface area contributed by atoms with Crippen LogP contribution >= 0.6 is 0 Å². The monoisotopic (exact) mass is 344 g/mol. The van der Waals surface area contributed by atoms with Crippen molar-refractivity contribution in [1.29, 1.82) is 0 Å². The fourth-order valence-electron chi connectivity index (χ4n) is 3.07. The van der Waals surface area contributed by atoms with Gasteiger partial charge in [0.2, 0.25) is 10.0 Å². The second kappa shape index (κ2) is 6.67. The average molecular weight is 344 g/mol. The van der Waals surface area contributed by atoms with Crippen molar-refractivity contribution in [3.05, 3.63) is 65.2 Å². The number of nitrogens with two attached hydrogens (primary N) is 1. The fourth-order valence-corrected chi connectivity index (χ4v) is 3.58. The molecule has 5 heteroatoms. The van der Waals surface area contributed by atoms with Crippen LogP contribution in [0.4, 0.5) is 0 Å². The van der Waals surface area contributed by atoms with Crippen LogP contribution in [0.1, 0.15) is 48.4 Å². The maximum absolute atomic E-state index is 11.4. The normalized spacial score (nSPS) is 16.3. The molecule has 0 heterocycles. The number of sulfonamides is 1. The molecular weight excluding hydrogens is 320 g/mol. The van der Waals surface area contributed by atoms with E-state index in [1.807, 2.05) is 12.1 Å². The largest absolute Gasteiger partial charge is 0.295 e. The van der Waals surface area contributed by atoms with Crippen LogP contribution in [-0.4, -0.2) is 20.4 Å². The zero-order valence-corrected chi connectivity index (χ0v) is 15.0. The van der Waals surface area contributed by atoms with Gasteiger partial charge in [0.1, 0.15) is 0 Å². The number of primary sulfonamides is 1. The molecule has 1 aliphatic carbocycles. The summed E-state index contributed by atoms with van der Waals surface area (Å²) in [5.41, 5.74) is 3.94. The van der Waals surface area contributed by atoms with E-state index >= 15 is 0 Å². The van der Waals surface area contributed by atoms with Crippen molar-refractivity contribution in [2.24, 2.45) is 5.14 Å². The van der Waals surface area contributed by atoms with Crippen molar-refractivity contribution in [3.63, 3.8) is 0 Å². The lowest BCUT2D eigenvalue weighted by atomic mass is 10.0. The van der Waals surface area contributed by atoms with Crippen LogP contribution in [0.15, 0.2) is 53.4 Å². The molecule has 0 aromatic heterocycles. The van der Waals surface area contributed by atoms with E-state index in [0.717, 1.165) is 18.0 Å². The van der Waals surface area contributed by atoms with Crippen LogP contribution in [0, 0.1) is 0 Å². The van der Waals surface area contributed by atoms with Crippen LogP contribution in [0.2, 0.25) is 0 Å². The summed E-state index contributed by atoms with van der Waals surface area (Å²) in [5.74, 6) is 0.735. The standard InChI is InChI=1S/C19H24N2O2S/c1-14(15-9-11-18(12-10-15)24(20,22)23)21(2)13-17-5-3-4-6-19(17)16-7-8-16/h3-6,9-12,14,16H,7-8,13H2,1-2H3,(H2,20,22,23). The molecule has 24 heavy (non-hydrogen) atoms. The maximum atomic E-state index is 11.4. The molecule has 2 aromatic carbocycles. The zero-order valence-electron chi connectivity index (χ0n) is 14.1. The summed E-state index contributed by atoms with van der Waals surface area (Å²) in [6, 6.07) is 15.7. The maximum Gasteiger partial charge on any atom is 0.238 e. The molecule has 0 aliphatic heterocycles. The van der Waals surface area contributed by atoms with Crippen molar-refractivity contribution in [2.75, 3.05) is 7.05 Å². The lowest BCUT2D eigenvalue weighted by Crippen LogP contribution is -2.22. The third kappa shape index (κ3) is 3.86. The van der Waals surface area contributed by atoms with E-state index in [9.17, 15) is 8.42 Å². The Morgan fingerprint density at radius 1 is 1.12 bits per heavy atom. The molecule has 0 saturated heterocycles. The first-order chi connectivity index (χ1) is 11.4. The molecule has 1 aliphatic rings. The number of hydrogen-bond donors (Lipinski definition) is 1. The Bertz CT molecular complexity index is 812. The van der Waals surface area contributed by atoms with Crippen LogP contribution in [-0.2, 0) is 16.6 Å². The van der Waals surface area contributed by atoms with E-state index in [2.05, 4.69) is 43.1 Å². The number of benzene rings is 2. The van der Waals surface area contributed by atoms with Gasteiger partial charge < -0.3 is 0 Å². The Morgan fingerprint density at radius 3 is 2.33 bits per heavy atom. The van der Waals surface area contributed by atoms with Crippen LogP contribution < -0.4 is 5.14 Å². The van der Waals surface area contributed by atoms with Crippen molar-refractivity contribution >= 4 is 10.0 Å². The van der Waals surface area contributed by atoms with Gasteiger partial charge in [-0.05, 0) is 61.6 Å². The molecule has 0 spiro atoms. The first-order valence-corrected chi connectivity index (χ1v) is 9.81. The van der Waals surface area contributed by atoms with Crippen LogP contribution in [0.25, 0.3) is 0 Å². The fraction of sp³-hybridized carbons (Fsp3) is 0.368. The minimum atomic E-state index is -3.64. The van der Waals surface area contributed by atoms with Gasteiger partial charge in [0.25, 0.3) is 0 Å². The highest BCUT2D eigenvalue weighted by Crippen LogP contribution is 2.42. The highest BCUT2D eigenvalue weighted by Gasteiger charge is 2.26. The molecule has 1 saturated carbocycles. The molecule has 128 valence electrons. The molecule has 2 N–H and O–H groups in total. The molecule has 0 radical (unpaired) electrons. The summed E-state index contributed by atoms with van der Waals surface area (Å²) in [6.45, 7) is 3.01. The minimum absolute atomic E-state index is 0.153. The number of rotatable bonds is 6. The van der Waals surface area contributed by atoms with Crippen LogP contribution in [0.5, 0.6) is 0 Å². The molecular formula is C19H24N2O2S. The summed E-state index contributed by atoms with van der Waals surface area (Å²) in [5, 5.41) is 5.16. The average Bonchev–Trinajstić information content (AvgIpc) is 3.39. The third-order valence-corrected chi connectivity index (χ3v) is 5.77. The summed E-state index contributed by atoms with van der Waals surface area (Å²) in [4.78, 5) is 2.44. The summed E-state index contributed by atoms with van der Waals surface area (Å²) >= 11 is 0. The molecule has 0 bridgehead atoms. The molecule has 3 rings (SSSR count). The molecule has 4 nitrogen and oxygen atoms in total. The number of hydrogen-bond acceptors (Lipinski definition) is 3. The first kappa shape index (κ1) is 17.1. The Kier molecular flexibility index (Phi) is 4.76. The Hall–Kier alpha value is -1.69. The first-order valence-electron chi connectivity index (χ1n) is 8.27. The van der Waals surface area contributed by atoms with E-state index in [-0.39, 0.29) is 10.9 Å². The van der Waals surface area contributed by atoms with Crippen molar-refractivity contribution < 1.29 is 8.42 Å². The summed E-state index contributed by atoms with van der Waals surface area (Å²) < 4.78 is 22.7. The smallest absolute Gasteiger partial charge is 0.238 e. The van der Waals surface area contributed by atoms with Gasteiger partial charge in [-0.3, -0.25) is 4.90 Å². The van der Waals surface area contributed by atoms with E-state index in [1.165, 1.54) is 24.0 Å². The predicted molar refractivity (Wildman–Crippen MR) is 96.1 cm³/mol. The van der Waals surface area contributed by atoms with E-state index < -0.39 is 10.0 Å². The molecule has 0 amide bonds. The van der Waals surface area contributed by atoms with Gasteiger partial charge in [0, 0.05) is 12.6 Å². The van der Waals surface area contributed by atoms with Gasteiger partial charge in [-0.25, -0.2) is 13.6 Å². The van der Waals surface area contributed by atoms with Crippen molar-refractivity contribution in [2.45, 2.75) is 43.2 Å². The highest BCUT2D eigenvalue weighted by atomic mass is 32.2. The Morgan fingerprint density at radius 2 is 1.75 bits per heavy atom. The Labute approximate surface area is 144 Å². The van der Waals surface area contributed by atoms with Gasteiger partial charge in [-0.15, -0.1) is 0 Å². The lowest BCUT2D eigenvalue weighted by molar-refractivity contribution is 0.252. The van der Waals surface area contributed by atoms with Crippen molar-refractivity contribution in [3.8, 4) is 0 Å². The number of nitrogens with zero attached hydrogens (tertiary/aromatic N) is 1. The zero-order chi connectivity index (χ0) is 17.3. The summed E-state index contributed by atoms with van der Waals surface area (Å²) in [6.07, 6.45) is 2.59. The molecule has 1 fully saturated rings. The topological polar surface area (TPSA) is 63.4 Å². The predicted octanol–water partition coefficient (Wildman–Crippen LogP) is 3.40. The highest BCUT2D eigenvalue weighted by molar-refractivity contribution is 7.89. The molecule has 1 atom stereocenters. The molecule has 2 aromatic rings. The van der Waals surface area contributed by atoms with Crippen molar-refractivity contribution in [1.82, 2.24) is 4.90 Å². The SMILES string of the molecule is CC(c1ccc(S(N)(=O)=O)cc1)N(C)Cc1ccccc1C1CC1. The van der Waals surface area contributed by atoms with Gasteiger partial charge in [-0.2, -0.15) is 0 Å². The third-order valence-electron chi connectivity index (χ3n) is 4.84. The molecule has 1 unspecified atom stereocenters.